The molecule has 1 heterocycles. The number of hydrogen-bond donors (Lipinski definition) is 1. The van der Waals surface area contributed by atoms with Gasteiger partial charge in [0.15, 0.2) is 5.78 Å². The third kappa shape index (κ3) is 1.20. The van der Waals surface area contributed by atoms with Crippen LogP contribution >= 0.6 is 0 Å². The van der Waals surface area contributed by atoms with Crippen LogP contribution in [0.2, 0.25) is 0 Å². The molecule has 2 heteroatoms. The molecule has 0 radical (unpaired) electrons. The SMILES string of the molecule is O=C1CCCc2c1ccc1[nH]c3ccccc3c21. The topological polar surface area (TPSA) is 32.9 Å². The number of rotatable bonds is 0. The molecule has 0 aliphatic heterocycles. The van der Waals surface area contributed by atoms with Crippen LogP contribution in [0.1, 0.15) is 28.8 Å². The van der Waals surface area contributed by atoms with E-state index in [9.17, 15) is 4.79 Å². The zero-order valence-electron chi connectivity index (χ0n) is 9.99. The van der Waals surface area contributed by atoms with Crippen molar-refractivity contribution in [1.29, 1.82) is 0 Å². The number of hydrogen-bond acceptors (Lipinski definition) is 1. The van der Waals surface area contributed by atoms with Crippen molar-refractivity contribution in [1.82, 2.24) is 4.98 Å². The second-order valence-electron chi connectivity index (χ2n) is 4.96. The van der Waals surface area contributed by atoms with Gasteiger partial charge in [0.2, 0.25) is 0 Å². The Hall–Kier alpha value is -2.09. The van der Waals surface area contributed by atoms with Crippen LogP contribution in [0, 0.1) is 0 Å². The Morgan fingerprint density at radius 3 is 2.78 bits per heavy atom. The van der Waals surface area contributed by atoms with Gasteiger partial charge >= 0.3 is 0 Å². The van der Waals surface area contributed by atoms with Crippen molar-refractivity contribution in [2.45, 2.75) is 19.3 Å². The van der Waals surface area contributed by atoms with Crippen molar-refractivity contribution < 1.29 is 4.79 Å². The summed E-state index contributed by atoms with van der Waals surface area (Å²) in [7, 11) is 0. The first-order chi connectivity index (χ1) is 8.84. The fraction of sp³-hybridized carbons (Fsp3) is 0.188. The fourth-order valence-corrected chi connectivity index (χ4v) is 3.10. The van der Waals surface area contributed by atoms with E-state index < -0.39 is 0 Å². The van der Waals surface area contributed by atoms with E-state index >= 15 is 0 Å². The van der Waals surface area contributed by atoms with Gasteiger partial charge in [-0.2, -0.15) is 0 Å². The van der Waals surface area contributed by atoms with Crippen LogP contribution in [0.25, 0.3) is 21.8 Å². The van der Waals surface area contributed by atoms with Gasteiger partial charge < -0.3 is 4.98 Å². The number of aromatic nitrogens is 1. The average molecular weight is 235 g/mol. The minimum Gasteiger partial charge on any atom is -0.355 e. The fourth-order valence-electron chi connectivity index (χ4n) is 3.10. The lowest BCUT2D eigenvalue weighted by Gasteiger charge is -2.15. The van der Waals surface area contributed by atoms with Crippen molar-refractivity contribution in [3.8, 4) is 0 Å². The van der Waals surface area contributed by atoms with E-state index in [2.05, 4.69) is 23.2 Å². The molecular formula is C16H13NO. The van der Waals surface area contributed by atoms with Gasteiger partial charge in [-0.1, -0.05) is 18.2 Å². The van der Waals surface area contributed by atoms with Crippen LogP contribution in [0.5, 0.6) is 0 Å². The predicted molar refractivity (Wildman–Crippen MR) is 73.1 cm³/mol. The number of benzene rings is 2. The van der Waals surface area contributed by atoms with E-state index in [1.54, 1.807) is 0 Å². The maximum atomic E-state index is 12.0. The molecular weight excluding hydrogens is 222 g/mol. The summed E-state index contributed by atoms with van der Waals surface area (Å²) < 4.78 is 0. The first-order valence-electron chi connectivity index (χ1n) is 6.40. The lowest BCUT2D eigenvalue weighted by atomic mass is 9.87. The molecule has 0 spiro atoms. The van der Waals surface area contributed by atoms with E-state index in [0.717, 1.165) is 29.4 Å². The van der Waals surface area contributed by atoms with Gasteiger partial charge in [-0.05, 0) is 36.6 Å². The molecule has 88 valence electrons. The number of carbonyl (C=O) groups is 1. The smallest absolute Gasteiger partial charge is 0.163 e. The summed E-state index contributed by atoms with van der Waals surface area (Å²) in [5, 5.41) is 2.48. The molecule has 0 bridgehead atoms. The van der Waals surface area contributed by atoms with Crippen LogP contribution in [0.15, 0.2) is 36.4 Å². The molecule has 1 aliphatic rings. The Balaban J connectivity index is 2.21. The van der Waals surface area contributed by atoms with Crippen LogP contribution in [0.3, 0.4) is 0 Å². The van der Waals surface area contributed by atoms with Crippen LogP contribution in [0.4, 0.5) is 0 Å². The van der Waals surface area contributed by atoms with Crippen LogP contribution in [-0.4, -0.2) is 10.8 Å². The molecule has 4 rings (SSSR count). The lowest BCUT2D eigenvalue weighted by Crippen LogP contribution is -2.10. The number of para-hydroxylation sites is 1. The van der Waals surface area contributed by atoms with E-state index in [4.69, 9.17) is 0 Å². The van der Waals surface area contributed by atoms with E-state index in [1.807, 2.05) is 18.2 Å². The van der Waals surface area contributed by atoms with E-state index in [0.29, 0.717) is 12.2 Å². The van der Waals surface area contributed by atoms with Gasteiger partial charge in [-0.25, -0.2) is 0 Å². The number of H-pyrrole nitrogens is 1. The standard InChI is InChI=1S/C16H13NO/c18-15-7-3-5-11-10(15)8-9-14-16(11)12-4-1-2-6-13(12)17-14/h1-2,4,6,8-9,17H,3,5,7H2. The maximum Gasteiger partial charge on any atom is 0.163 e. The average Bonchev–Trinajstić information content (AvgIpc) is 2.77. The normalized spacial score (nSPS) is 15.2. The molecule has 3 aromatic rings. The van der Waals surface area contributed by atoms with Gasteiger partial charge in [0, 0.05) is 33.8 Å². The summed E-state index contributed by atoms with van der Waals surface area (Å²) in [6.45, 7) is 0. The first kappa shape index (κ1) is 9.89. The number of nitrogens with one attached hydrogen (secondary N) is 1. The van der Waals surface area contributed by atoms with Gasteiger partial charge in [0.25, 0.3) is 0 Å². The van der Waals surface area contributed by atoms with E-state index in [1.165, 1.54) is 16.3 Å². The summed E-state index contributed by atoms with van der Waals surface area (Å²) in [6.07, 6.45) is 2.69. The second-order valence-corrected chi connectivity index (χ2v) is 4.96. The summed E-state index contributed by atoms with van der Waals surface area (Å²) >= 11 is 0. The number of aromatic amines is 1. The Kier molecular flexibility index (Phi) is 1.90. The number of Topliss-reactive ketones (excluding diaryl/α,β-unsaturated/α-hetero) is 1. The van der Waals surface area contributed by atoms with Gasteiger partial charge in [-0.3, -0.25) is 4.79 Å². The molecule has 1 aromatic heterocycles. The quantitative estimate of drug-likeness (QED) is 0.631. The molecule has 0 fully saturated rings. The number of aryl methyl sites for hydroxylation is 1. The summed E-state index contributed by atoms with van der Waals surface area (Å²) in [5.41, 5.74) is 4.46. The van der Waals surface area contributed by atoms with Crippen molar-refractivity contribution in [2.75, 3.05) is 0 Å². The minimum atomic E-state index is 0.295. The van der Waals surface area contributed by atoms with Crippen molar-refractivity contribution >= 4 is 27.6 Å². The van der Waals surface area contributed by atoms with Gasteiger partial charge in [-0.15, -0.1) is 0 Å². The predicted octanol–water partition coefficient (Wildman–Crippen LogP) is 3.84. The largest absolute Gasteiger partial charge is 0.355 e. The van der Waals surface area contributed by atoms with Crippen LogP contribution < -0.4 is 0 Å². The zero-order chi connectivity index (χ0) is 12.1. The highest BCUT2D eigenvalue weighted by Crippen LogP contribution is 2.33. The highest BCUT2D eigenvalue weighted by atomic mass is 16.1. The molecule has 1 N–H and O–H groups in total. The van der Waals surface area contributed by atoms with E-state index in [-0.39, 0.29) is 0 Å². The Labute approximate surface area is 105 Å². The van der Waals surface area contributed by atoms with Crippen molar-refractivity contribution in [3.63, 3.8) is 0 Å². The summed E-state index contributed by atoms with van der Waals surface area (Å²) in [5.74, 6) is 0.295. The third-order valence-corrected chi connectivity index (χ3v) is 3.91. The number of fused-ring (bicyclic) bond motifs is 5. The Bertz CT molecular complexity index is 782. The molecule has 18 heavy (non-hydrogen) atoms. The Morgan fingerprint density at radius 1 is 0.944 bits per heavy atom. The first-order valence-corrected chi connectivity index (χ1v) is 6.40. The molecule has 1 aliphatic carbocycles. The summed E-state index contributed by atoms with van der Waals surface area (Å²) in [4.78, 5) is 15.4. The van der Waals surface area contributed by atoms with Crippen molar-refractivity contribution in [2.24, 2.45) is 0 Å². The maximum absolute atomic E-state index is 12.0. The number of carbonyl (C=O) groups excluding carboxylic acids is 1. The highest BCUT2D eigenvalue weighted by Gasteiger charge is 2.20. The molecule has 0 amide bonds. The van der Waals surface area contributed by atoms with Crippen molar-refractivity contribution in [3.05, 3.63) is 47.5 Å². The zero-order valence-corrected chi connectivity index (χ0v) is 9.99. The highest BCUT2D eigenvalue weighted by molar-refractivity contribution is 6.13. The monoisotopic (exact) mass is 235 g/mol. The van der Waals surface area contributed by atoms with Crippen LogP contribution in [-0.2, 0) is 6.42 Å². The third-order valence-electron chi connectivity index (χ3n) is 3.91. The molecule has 0 atom stereocenters. The van der Waals surface area contributed by atoms with Gasteiger partial charge in [0.05, 0.1) is 0 Å². The molecule has 2 aromatic carbocycles. The Morgan fingerprint density at radius 2 is 1.83 bits per heavy atom. The minimum absolute atomic E-state index is 0.295. The molecule has 0 saturated heterocycles. The molecule has 0 unspecified atom stereocenters. The second kappa shape index (κ2) is 3.45. The lowest BCUT2D eigenvalue weighted by molar-refractivity contribution is 0.0973. The molecule has 0 saturated carbocycles. The molecule has 2 nitrogen and oxygen atoms in total. The summed E-state index contributed by atoms with van der Waals surface area (Å²) in [6, 6.07) is 12.3. The van der Waals surface area contributed by atoms with Gasteiger partial charge in [0.1, 0.15) is 0 Å². The number of ketones is 1.